The van der Waals surface area contributed by atoms with Crippen molar-refractivity contribution >= 4 is 11.3 Å². The van der Waals surface area contributed by atoms with Crippen molar-refractivity contribution in [3.8, 4) is 10.6 Å². The molecular formula is C13H15NOS. The summed E-state index contributed by atoms with van der Waals surface area (Å²) in [7, 11) is 0. The largest absolute Gasteiger partial charge is 0.393 e. The molecule has 0 aliphatic rings. The number of aliphatic hydroxyl groups excluding tert-OH is 1. The Morgan fingerprint density at radius 2 is 2.25 bits per heavy atom. The normalized spacial score (nSPS) is 12.7. The molecule has 0 fully saturated rings. The first-order valence-electron chi connectivity index (χ1n) is 5.34. The van der Waals surface area contributed by atoms with Gasteiger partial charge in [-0.3, -0.25) is 0 Å². The lowest BCUT2D eigenvalue weighted by molar-refractivity contribution is 0.194. The van der Waals surface area contributed by atoms with E-state index in [1.807, 2.05) is 11.4 Å². The van der Waals surface area contributed by atoms with E-state index in [4.69, 9.17) is 0 Å². The highest BCUT2D eigenvalue weighted by atomic mass is 32.1. The van der Waals surface area contributed by atoms with E-state index in [-0.39, 0.29) is 6.10 Å². The van der Waals surface area contributed by atoms with E-state index < -0.39 is 0 Å². The van der Waals surface area contributed by atoms with Crippen LogP contribution in [0.2, 0.25) is 0 Å². The number of hydrogen-bond acceptors (Lipinski definition) is 3. The van der Waals surface area contributed by atoms with E-state index in [9.17, 15) is 5.11 Å². The van der Waals surface area contributed by atoms with Crippen molar-refractivity contribution in [3.63, 3.8) is 0 Å². The Morgan fingerprint density at radius 3 is 2.94 bits per heavy atom. The Kier molecular flexibility index (Phi) is 3.36. The molecule has 0 amide bonds. The van der Waals surface area contributed by atoms with Crippen molar-refractivity contribution in [2.75, 3.05) is 0 Å². The van der Waals surface area contributed by atoms with E-state index in [1.54, 1.807) is 18.3 Å². The molecular weight excluding hydrogens is 218 g/mol. The molecule has 84 valence electrons. The van der Waals surface area contributed by atoms with Crippen LogP contribution in [0, 0.1) is 6.92 Å². The maximum atomic E-state index is 9.29. The number of benzene rings is 1. The first-order chi connectivity index (χ1) is 7.65. The second kappa shape index (κ2) is 4.76. The SMILES string of the molecule is Cc1cccc(-c2nc(CC(C)O)cs2)c1. The van der Waals surface area contributed by atoms with Gasteiger partial charge >= 0.3 is 0 Å². The van der Waals surface area contributed by atoms with Crippen LogP contribution in [0.4, 0.5) is 0 Å². The highest BCUT2D eigenvalue weighted by Gasteiger charge is 2.06. The molecule has 1 aromatic heterocycles. The van der Waals surface area contributed by atoms with Gasteiger partial charge in [-0.2, -0.15) is 0 Å². The predicted molar refractivity (Wildman–Crippen MR) is 67.7 cm³/mol. The molecule has 1 N–H and O–H groups in total. The molecule has 0 aliphatic carbocycles. The number of aryl methyl sites for hydroxylation is 1. The van der Waals surface area contributed by atoms with Gasteiger partial charge in [0, 0.05) is 17.4 Å². The second-order valence-corrected chi connectivity index (χ2v) is 4.92. The lowest BCUT2D eigenvalue weighted by Gasteiger charge is -1.99. The first kappa shape index (κ1) is 11.3. The van der Waals surface area contributed by atoms with Gasteiger partial charge in [-0.1, -0.05) is 23.8 Å². The summed E-state index contributed by atoms with van der Waals surface area (Å²) in [4.78, 5) is 4.52. The molecule has 1 unspecified atom stereocenters. The quantitative estimate of drug-likeness (QED) is 0.884. The fourth-order valence-corrected chi connectivity index (χ4v) is 2.44. The maximum absolute atomic E-state index is 9.29. The minimum Gasteiger partial charge on any atom is -0.393 e. The number of nitrogens with zero attached hydrogens (tertiary/aromatic N) is 1. The van der Waals surface area contributed by atoms with Crippen molar-refractivity contribution < 1.29 is 5.11 Å². The zero-order chi connectivity index (χ0) is 11.5. The van der Waals surface area contributed by atoms with E-state index in [1.165, 1.54) is 5.56 Å². The van der Waals surface area contributed by atoms with Gasteiger partial charge < -0.3 is 5.11 Å². The predicted octanol–water partition coefficient (Wildman–Crippen LogP) is 3.04. The fraction of sp³-hybridized carbons (Fsp3) is 0.308. The Labute approximate surface area is 99.6 Å². The van der Waals surface area contributed by atoms with Gasteiger partial charge in [-0.05, 0) is 19.9 Å². The Balaban J connectivity index is 2.24. The molecule has 0 bridgehead atoms. The third kappa shape index (κ3) is 2.68. The van der Waals surface area contributed by atoms with Crippen LogP contribution in [0.1, 0.15) is 18.2 Å². The van der Waals surface area contributed by atoms with Crippen molar-refractivity contribution in [2.24, 2.45) is 0 Å². The number of rotatable bonds is 3. The first-order valence-corrected chi connectivity index (χ1v) is 6.22. The van der Waals surface area contributed by atoms with E-state index in [0.29, 0.717) is 6.42 Å². The van der Waals surface area contributed by atoms with Gasteiger partial charge in [0.05, 0.1) is 11.8 Å². The lowest BCUT2D eigenvalue weighted by atomic mass is 10.1. The molecule has 1 atom stereocenters. The average Bonchev–Trinajstić information content (AvgIpc) is 2.65. The maximum Gasteiger partial charge on any atom is 0.123 e. The summed E-state index contributed by atoms with van der Waals surface area (Å²) in [5.41, 5.74) is 3.36. The monoisotopic (exact) mass is 233 g/mol. The van der Waals surface area contributed by atoms with Crippen molar-refractivity contribution in [1.82, 2.24) is 4.98 Å². The van der Waals surface area contributed by atoms with Gasteiger partial charge in [0.15, 0.2) is 0 Å². The molecule has 1 aromatic carbocycles. The third-order valence-electron chi connectivity index (χ3n) is 2.32. The van der Waals surface area contributed by atoms with Crippen molar-refractivity contribution in [3.05, 3.63) is 40.9 Å². The summed E-state index contributed by atoms with van der Waals surface area (Å²) in [6, 6.07) is 8.32. The van der Waals surface area contributed by atoms with Crippen LogP contribution in [-0.4, -0.2) is 16.2 Å². The minimum absolute atomic E-state index is 0.326. The Bertz CT molecular complexity index is 476. The van der Waals surface area contributed by atoms with Crippen LogP contribution in [0.5, 0.6) is 0 Å². The minimum atomic E-state index is -0.326. The summed E-state index contributed by atoms with van der Waals surface area (Å²) in [5, 5.41) is 12.3. The molecule has 0 saturated heterocycles. The van der Waals surface area contributed by atoms with E-state index in [0.717, 1.165) is 16.3 Å². The van der Waals surface area contributed by atoms with Gasteiger partial charge in [0.25, 0.3) is 0 Å². The molecule has 0 aliphatic heterocycles. The molecule has 16 heavy (non-hydrogen) atoms. The smallest absolute Gasteiger partial charge is 0.123 e. The third-order valence-corrected chi connectivity index (χ3v) is 3.26. The highest BCUT2D eigenvalue weighted by molar-refractivity contribution is 7.13. The van der Waals surface area contributed by atoms with E-state index >= 15 is 0 Å². The lowest BCUT2D eigenvalue weighted by Crippen LogP contribution is -2.04. The van der Waals surface area contributed by atoms with Crippen LogP contribution in [0.3, 0.4) is 0 Å². The molecule has 1 heterocycles. The Morgan fingerprint density at radius 1 is 1.44 bits per heavy atom. The second-order valence-electron chi connectivity index (χ2n) is 4.07. The number of aromatic nitrogens is 1. The molecule has 0 radical (unpaired) electrons. The topological polar surface area (TPSA) is 33.1 Å². The fourth-order valence-electron chi connectivity index (χ4n) is 1.61. The molecule has 0 spiro atoms. The van der Waals surface area contributed by atoms with Crippen molar-refractivity contribution in [2.45, 2.75) is 26.4 Å². The summed E-state index contributed by atoms with van der Waals surface area (Å²) in [6.07, 6.45) is 0.301. The van der Waals surface area contributed by atoms with Crippen molar-refractivity contribution in [1.29, 1.82) is 0 Å². The van der Waals surface area contributed by atoms with Crippen LogP contribution in [-0.2, 0) is 6.42 Å². The van der Waals surface area contributed by atoms with Gasteiger partial charge in [0.2, 0.25) is 0 Å². The molecule has 3 heteroatoms. The van der Waals surface area contributed by atoms with Crippen LogP contribution >= 0.6 is 11.3 Å². The molecule has 2 rings (SSSR count). The van der Waals surface area contributed by atoms with Gasteiger partial charge in [0.1, 0.15) is 5.01 Å². The summed E-state index contributed by atoms with van der Waals surface area (Å²) >= 11 is 1.63. The van der Waals surface area contributed by atoms with E-state index in [2.05, 4.69) is 30.1 Å². The molecule has 0 saturated carbocycles. The standard InChI is InChI=1S/C13H15NOS/c1-9-4-3-5-11(6-9)13-14-12(8-16-13)7-10(2)15/h3-6,8,10,15H,7H2,1-2H3. The van der Waals surface area contributed by atoms with Crippen LogP contribution in [0.25, 0.3) is 10.6 Å². The number of thiazole rings is 1. The summed E-state index contributed by atoms with van der Waals surface area (Å²) < 4.78 is 0. The number of hydrogen-bond donors (Lipinski definition) is 1. The highest BCUT2D eigenvalue weighted by Crippen LogP contribution is 2.24. The van der Waals surface area contributed by atoms with Gasteiger partial charge in [-0.15, -0.1) is 11.3 Å². The summed E-state index contributed by atoms with van der Waals surface area (Å²) in [5.74, 6) is 0. The summed E-state index contributed by atoms with van der Waals surface area (Å²) in [6.45, 7) is 3.86. The molecule has 2 nitrogen and oxygen atoms in total. The average molecular weight is 233 g/mol. The molecule has 2 aromatic rings. The zero-order valence-electron chi connectivity index (χ0n) is 9.47. The Hall–Kier alpha value is -1.19. The number of aliphatic hydroxyl groups is 1. The van der Waals surface area contributed by atoms with Gasteiger partial charge in [-0.25, -0.2) is 4.98 Å². The van der Waals surface area contributed by atoms with Crippen LogP contribution in [0.15, 0.2) is 29.6 Å². The van der Waals surface area contributed by atoms with Crippen LogP contribution < -0.4 is 0 Å². The zero-order valence-corrected chi connectivity index (χ0v) is 10.3.